The fraction of sp³-hybridized carbons (Fsp3) is 0.625. The maximum Gasteiger partial charge on any atom is 0.0661 e. The molecule has 2 aliphatic heterocycles. The minimum Gasteiger partial charge on any atom is -0.381 e. The van der Waals surface area contributed by atoms with Crippen LogP contribution in [0.25, 0.3) is 0 Å². The molecule has 0 amide bonds. The van der Waals surface area contributed by atoms with Crippen LogP contribution in [-0.2, 0) is 9.47 Å². The van der Waals surface area contributed by atoms with E-state index >= 15 is 0 Å². The van der Waals surface area contributed by atoms with Crippen molar-refractivity contribution in [2.75, 3.05) is 33.0 Å². The van der Waals surface area contributed by atoms with Gasteiger partial charge in [0.15, 0.2) is 0 Å². The molecular weight excluding hydrogens is 318 g/mol. The molecule has 1 N–H and O–H groups in total. The Labute approximate surface area is 129 Å². The number of benzene rings is 1. The molecule has 110 valence electrons. The van der Waals surface area contributed by atoms with E-state index in [1.807, 2.05) is 0 Å². The van der Waals surface area contributed by atoms with E-state index in [9.17, 15) is 0 Å². The summed E-state index contributed by atoms with van der Waals surface area (Å²) in [4.78, 5) is 0. The Kier molecular flexibility index (Phi) is 5.10. The number of nitrogens with one attached hydrogen (secondary N) is 1. The summed E-state index contributed by atoms with van der Waals surface area (Å²) < 4.78 is 12.4. The van der Waals surface area contributed by atoms with Gasteiger partial charge in [-0.15, -0.1) is 0 Å². The van der Waals surface area contributed by atoms with Crippen LogP contribution in [0.4, 0.5) is 0 Å². The maximum absolute atomic E-state index is 5.74. The summed E-state index contributed by atoms with van der Waals surface area (Å²) in [7, 11) is 0. The van der Waals surface area contributed by atoms with Crippen molar-refractivity contribution < 1.29 is 9.47 Å². The molecule has 2 saturated heterocycles. The molecule has 2 fully saturated rings. The first kappa shape index (κ1) is 14.5. The van der Waals surface area contributed by atoms with Crippen molar-refractivity contribution in [2.45, 2.75) is 31.2 Å². The van der Waals surface area contributed by atoms with Crippen molar-refractivity contribution in [3.63, 3.8) is 0 Å². The summed E-state index contributed by atoms with van der Waals surface area (Å²) in [6, 6.07) is 7.01. The molecule has 2 heterocycles. The van der Waals surface area contributed by atoms with Crippen molar-refractivity contribution in [2.24, 2.45) is 0 Å². The van der Waals surface area contributed by atoms with Crippen LogP contribution in [0.15, 0.2) is 22.7 Å². The molecule has 0 bridgehead atoms. The highest BCUT2D eigenvalue weighted by Crippen LogP contribution is 2.34. The average molecular weight is 340 g/mol. The molecule has 3 nitrogen and oxygen atoms in total. The van der Waals surface area contributed by atoms with Gasteiger partial charge in [0.2, 0.25) is 0 Å². The van der Waals surface area contributed by atoms with Gasteiger partial charge >= 0.3 is 0 Å². The van der Waals surface area contributed by atoms with Crippen molar-refractivity contribution in [3.8, 4) is 0 Å². The normalized spacial score (nSPS) is 25.4. The summed E-state index contributed by atoms with van der Waals surface area (Å²) >= 11 is 3.61. The van der Waals surface area contributed by atoms with E-state index in [4.69, 9.17) is 9.47 Å². The zero-order chi connectivity index (χ0) is 13.8. The molecule has 1 atom stereocenters. The van der Waals surface area contributed by atoms with Crippen LogP contribution in [0.5, 0.6) is 0 Å². The minimum atomic E-state index is 0.313. The Bertz CT molecular complexity index is 438. The summed E-state index contributed by atoms with van der Waals surface area (Å²) in [6.45, 7) is 4.44. The molecule has 20 heavy (non-hydrogen) atoms. The van der Waals surface area contributed by atoms with Crippen LogP contribution in [-0.4, -0.2) is 33.0 Å². The van der Waals surface area contributed by atoms with Crippen molar-refractivity contribution in [3.05, 3.63) is 33.8 Å². The molecule has 3 rings (SSSR count). The molecule has 1 aromatic carbocycles. The first-order chi connectivity index (χ1) is 9.84. The van der Waals surface area contributed by atoms with E-state index in [2.05, 4.69) is 39.4 Å². The standard InChI is InChI=1S/C16H22BrNO2/c17-13-2-3-14(12-4-8-19-9-5-12)15(10-13)16-11-20-7-1-6-18-16/h2-3,10,12,16,18H,1,4-9,11H2. The lowest BCUT2D eigenvalue weighted by molar-refractivity contribution is 0.0847. The molecule has 1 unspecified atom stereocenters. The van der Waals surface area contributed by atoms with Gasteiger partial charge in [0.05, 0.1) is 12.6 Å². The third-order valence-corrected chi connectivity index (χ3v) is 4.72. The molecule has 2 aliphatic rings. The molecule has 4 heteroatoms. The van der Waals surface area contributed by atoms with Gasteiger partial charge in [-0.1, -0.05) is 22.0 Å². The van der Waals surface area contributed by atoms with Gasteiger partial charge in [0.1, 0.15) is 0 Å². The lowest BCUT2D eigenvalue weighted by Gasteiger charge is -2.28. The Balaban J connectivity index is 1.88. The van der Waals surface area contributed by atoms with Crippen LogP contribution in [0.2, 0.25) is 0 Å². The second-order valence-electron chi connectivity index (χ2n) is 5.60. The number of hydrogen-bond acceptors (Lipinski definition) is 3. The first-order valence-electron chi connectivity index (χ1n) is 7.53. The lowest BCUT2D eigenvalue weighted by atomic mass is 9.86. The highest BCUT2D eigenvalue weighted by Gasteiger charge is 2.23. The van der Waals surface area contributed by atoms with Crippen LogP contribution < -0.4 is 5.32 Å². The zero-order valence-electron chi connectivity index (χ0n) is 11.7. The number of halogens is 1. The van der Waals surface area contributed by atoms with E-state index < -0.39 is 0 Å². The third kappa shape index (κ3) is 3.42. The third-order valence-electron chi connectivity index (χ3n) is 4.23. The van der Waals surface area contributed by atoms with Crippen molar-refractivity contribution >= 4 is 15.9 Å². The van der Waals surface area contributed by atoms with E-state index in [0.717, 1.165) is 56.7 Å². The van der Waals surface area contributed by atoms with Crippen LogP contribution in [0, 0.1) is 0 Å². The number of rotatable bonds is 2. The van der Waals surface area contributed by atoms with Crippen LogP contribution in [0.3, 0.4) is 0 Å². The predicted molar refractivity (Wildman–Crippen MR) is 83.1 cm³/mol. The Morgan fingerprint density at radius 3 is 2.75 bits per heavy atom. The second kappa shape index (κ2) is 7.03. The monoisotopic (exact) mass is 339 g/mol. The Morgan fingerprint density at radius 2 is 1.90 bits per heavy atom. The van der Waals surface area contributed by atoms with E-state index in [0.29, 0.717) is 12.0 Å². The molecule has 1 aromatic rings. The fourth-order valence-electron chi connectivity index (χ4n) is 3.14. The number of hydrogen-bond donors (Lipinski definition) is 1. The van der Waals surface area contributed by atoms with Crippen LogP contribution in [0.1, 0.15) is 42.3 Å². The van der Waals surface area contributed by atoms with E-state index in [-0.39, 0.29) is 0 Å². The highest BCUT2D eigenvalue weighted by molar-refractivity contribution is 9.10. The zero-order valence-corrected chi connectivity index (χ0v) is 13.3. The van der Waals surface area contributed by atoms with E-state index in [1.165, 1.54) is 11.1 Å². The quantitative estimate of drug-likeness (QED) is 0.895. The minimum absolute atomic E-state index is 0.313. The van der Waals surface area contributed by atoms with Gasteiger partial charge in [0, 0.05) is 24.3 Å². The molecular formula is C16H22BrNO2. The first-order valence-corrected chi connectivity index (χ1v) is 8.32. The number of ether oxygens (including phenoxy) is 2. The maximum atomic E-state index is 5.74. The molecule has 0 aromatic heterocycles. The molecule has 0 aliphatic carbocycles. The molecule has 0 radical (unpaired) electrons. The Hall–Kier alpha value is -0.420. The summed E-state index contributed by atoms with van der Waals surface area (Å²) in [5.41, 5.74) is 2.87. The van der Waals surface area contributed by atoms with Crippen molar-refractivity contribution in [1.29, 1.82) is 0 Å². The summed E-state index contributed by atoms with van der Waals surface area (Å²) in [5, 5.41) is 3.63. The second-order valence-corrected chi connectivity index (χ2v) is 6.51. The Morgan fingerprint density at radius 1 is 1.05 bits per heavy atom. The average Bonchev–Trinajstić information content (AvgIpc) is 2.77. The smallest absolute Gasteiger partial charge is 0.0661 e. The van der Waals surface area contributed by atoms with Crippen molar-refractivity contribution in [1.82, 2.24) is 5.32 Å². The molecule has 0 saturated carbocycles. The van der Waals surface area contributed by atoms with Crippen LogP contribution >= 0.6 is 15.9 Å². The summed E-state index contributed by atoms with van der Waals surface area (Å²) in [6.07, 6.45) is 3.35. The predicted octanol–water partition coefficient (Wildman–Crippen LogP) is 3.39. The van der Waals surface area contributed by atoms with Gasteiger partial charge in [-0.25, -0.2) is 0 Å². The fourth-order valence-corrected chi connectivity index (χ4v) is 3.52. The van der Waals surface area contributed by atoms with Gasteiger partial charge in [-0.05, 0) is 55.0 Å². The largest absolute Gasteiger partial charge is 0.381 e. The van der Waals surface area contributed by atoms with Gasteiger partial charge in [0.25, 0.3) is 0 Å². The van der Waals surface area contributed by atoms with E-state index in [1.54, 1.807) is 0 Å². The topological polar surface area (TPSA) is 30.5 Å². The van der Waals surface area contributed by atoms with Gasteiger partial charge < -0.3 is 14.8 Å². The summed E-state index contributed by atoms with van der Waals surface area (Å²) in [5.74, 6) is 0.622. The highest BCUT2D eigenvalue weighted by atomic mass is 79.9. The molecule has 0 spiro atoms. The van der Waals surface area contributed by atoms with Gasteiger partial charge in [-0.2, -0.15) is 0 Å². The van der Waals surface area contributed by atoms with Gasteiger partial charge in [-0.3, -0.25) is 0 Å². The lowest BCUT2D eigenvalue weighted by Crippen LogP contribution is -2.26. The SMILES string of the molecule is Brc1ccc(C2CCOCC2)c(C2COCCCN2)c1.